The highest BCUT2D eigenvalue weighted by Gasteiger charge is 2.31. The van der Waals surface area contributed by atoms with Crippen LogP contribution in [0, 0.1) is 11.8 Å². The minimum Gasteiger partial charge on any atom is -0.493 e. The molecule has 0 aliphatic carbocycles. The molecule has 724 valence electrons. The number of ether oxygens (including phenoxy) is 5. The molecule has 2 saturated heterocycles. The number of nitrogens with zero attached hydrogens (tertiary/aromatic N) is 12. The molecule has 0 radical (unpaired) electrons. The second-order valence-corrected chi connectivity index (χ2v) is 32.7. The van der Waals surface area contributed by atoms with Gasteiger partial charge in [0.1, 0.15) is 57.9 Å². The van der Waals surface area contributed by atoms with Crippen molar-refractivity contribution in [1.82, 2.24) is 105 Å². The highest BCUT2D eigenvalue weighted by Crippen LogP contribution is 2.38. The van der Waals surface area contributed by atoms with E-state index in [4.69, 9.17) is 23.7 Å². The second kappa shape index (κ2) is 44.2. The van der Waals surface area contributed by atoms with E-state index in [1.807, 2.05) is 132 Å². The Labute approximate surface area is 804 Å². The number of benzene rings is 8. The lowest BCUT2D eigenvalue weighted by atomic mass is 9.97. The Bertz CT molecular complexity index is 8010. The van der Waals surface area contributed by atoms with Gasteiger partial charge in [-0.1, -0.05) is 78.9 Å². The first-order valence-electron chi connectivity index (χ1n) is 45.6. The van der Waals surface area contributed by atoms with Crippen LogP contribution in [-0.4, -0.2) is 214 Å². The van der Waals surface area contributed by atoms with Crippen molar-refractivity contribution in [3.63, 3.8) is 0 Å². The van der Waals surface area contributed by atoms with Gasteiger partial charge in [0, 0.05) is 43.5 Å². The molecule has 10 aromatic heterocycles. The molecule has 1 amide bonds. The monoisotopic (exact) mass is 1920 g/mol. The molecule has 2 aliphatic heterocycles. The lowest BCUT2D eigenvalue weighted by Crippen LogP contribution is -2.42. The average molecular weight is 1920 g/mol. The Morgan fingerprint density at radius 3 is 1.11 bits per heavy atom. The molecule has 41 heteroatoms. The second-order valence-electron chi connectivity index (χ2n) is 32.7. The molecule has 41 nitrogen and oxygen atoms in total. The molecule has 2 aliphatic rings. The summed E-state index contributed by atoms with van der Waals surface area (Å²) in [5.41, 5.74) is 12.5. The van der Waals surface area contributed by atoms with Gasteiger partial charge in [-0.15, -0.1) is 0 Å². The Balaban J connectivity index is 0.000000128. The van der Waals surface area contributed by atoms with Gasteiger partial charge < -0.3 is 104 Å². The first kappa shape index (κ1) is 96.8. The lowest BCUT2D eigenvalue weighted by Gasteiger charge is -2.33. The topological polar surface area (TPSA) is 591 Å². The zero-order valence-corrected chi connectivity index (χ0v) is 77.3. The lowest BCUT2D eigenvalue weighted by molar-refractivity contribution is -0.143. The zero-order chi connectivity index (χ0) is 99.6. The highest BCUT2D eigenvalue weighted by atomic mass is 16.5. The van der Waals surface area contributed by atoms with Crippen LogP contribution in [0.4, 0.5) is 5.69 Å². The summed E-state index contributed by atoms with van der Waals surface area (Å²) >= 11 is 0. The summed E-state index contributed by atoms with van der Waals surface area (Å²) in [6.07, 6.45) is 11.7. The number of aromatic nitrogens is 20. The van der Waals surface area contributed by atoms with Gasteiger partial charge in [0.15, 0.2) is 55.8 Å². The van der Waals surface area contributed by atoms with Gasteiger partial charge in [-0.3, -0.25) is 38.4 Å². The van der Waals surface area contributed by atoms with Crippen molar-refractivity contribution in [3.05, 3.63) is 303 Å². The number of hydrogen-bond acceptors (Lipinski definition) is 26. The van der Waals surface area contributed by atoms with Crippen LogP contribution in [0.25, 0.3) is 113 Å². The number of hydrogen-bond donors (Lipinski definition) is 14. The number of aliphatic carboxylic acids is 2. The summed E-state index contributed by atoms with van der Waals surface area (Å²) in [4.78, 5) is 193. The fourth-order valence-corrected chi connectivity index (χ4v) is 16.5. The van der Waals surface area contributed by atoms with E-state index in [2.05, 4.69) is 117 Å². The van der Waals surface area contributed by atoms with Crippen LogP contribution in [0.2, 0.25) is 0 Å². The Hall–Kier alpha value is -18.3. The maximum Gasteiger partial charge on any atom is 0.335 e. The van der Waals surface area contributed by atoms with E-state index in [0.717, 1.165) is 52.9 Å². The van der Waals surface area contributed by atoms with Gasteiger partial charge in [-0.25, -0.2) is 59.4 Å². The summed E-state index contributed by atoms with van der Waals surface area (Å²) in [6, 6.07) is 51.5. The molecular weight excluding hydrogens is 1830 g/mol. The number of rotatable bonds is 27. The molecule has 142 heavy (non-hydrogen) atoms. The first-order valence-corrected chi connectivity index (χ1v) is 45.6. The summed E-state index contributed by atoms with van der Waals surface area (Å²) in [5, 5.41) is 37.2. The summed E-state index contributed by atoms with van der Waals surface area (Å²) < 4.78 is 28.9. The third kappa shape index (κ3) is 22.5. The largest absolute Gasteiger partial charge is 0.493 e. The maximum atomic E-state index is 13.0. The van der Waals surface area contributed by atoms with Crippen molar-refractivity contribution in [3.8, 4) is 85.7 Å². The number of carbonyl (C=O) groups is 5. The highest BCUT2D eigenvalue weighted by molar-refractivity contribution is 5.96. The van der Waals surface area contributed by atoms with Crippen LogP contribution in [0.3, 0.4) is 0 Å². The van der Waals surface area contributed by atoms with Crippen LogP contribution < -0.4 is 56.4 Å². The molecule has 0 spiro atoms. The summed E-state index contributed by atoms with van der Waals surface area (Å²) in [5.74, 6) is -0.106. The van der Waals surface area contributed by atoms with Crippen molar-refractivity contribution in [2.75, 3.05) is 64.1 Å². The number of likely N-dealkylation sites (tertiary alicyclic amines) is 1. The van der Waals surface area contributed by atoms with Crippen LogP contribution in [-0.2, 0) is 28.9 Å². The Morgan fingerprint density at radius 1 is 0.345 bits per heavy atom. The third-order valence-electron chi connectivity index (χ3n) is 23.3. The number of carboxylic acid groups (broad SMARTS) is 4. The molecule has 12 heterocycles. The quantitative estimate of drug-likeness (QED) is 0.0227. The van der Waals surface area contributed by atoms with E-state index in [1.165, 1.54) is 37.2 Å². The maximum absolute atomic E-state index is 13.0. The molecule has 2 fully saturated rings. The van der Waals surface area contributed by atoms with E-state index >= 15 is 0 Å². The number of fused-ring (bicyclic) bond motifs is 5. The Kier molecular flexibility index (Phi) is 30.1. The van der Waals surface area contributed by atoms with Crippen LogP contribution in [0.1, 0.15) is 125 Å². The van der Waals surface area contributed by atoms with Crippen LogP contribution in [0.15, 0.2) is 225 Å². The number of aromatic carboxylic acids is 2. The number of aromatic amines is 10. The number of nitrogens with one attached hydrogen (secondary N) is 10. The number of imidazole rings is 5. The first-order chi connectivity index (χ1) is 68.9. The van der Waals surface area contributed by atoms with Gasteiger partial charge >= 0.3 is 23.9 Å². The molecular formula is C101H96N22O19. The van der Waals surface area contributed by atoms with Crippen molar-refractivity contribution in [1.29, 1.82) is 0 Å². The van der Waals surface area contributed by atoms with Gasteiger partial charge in [-0.2, -0.15) is 0 Å². The summed E-state index contributed by atoms with van der Waals surface area (Å²) in [6.45, 7) is 13.5. The predicted molar refractivity (Wildman–Crippen MR) is 526 cm³/mol. The number of anilines is 1. The van der Waals surface area contributed by atoms with E-state index < -0.39 is 29.8 Å². The van der Waals surface area contributed by atoms with Gasteiger partial charge in [0.25, 0.3) is 33.7 Å². The van der Waals surface area contributed by atoms with E-state index in [-0.39, 0.29) is 74.3 Å². The number of carboxylic acids is 4. The van der Waals surface area contributed by atoms with Crippen molar-refractivity contribution < 1.29 is 68.1 Å². The smallest absolute Gasteiger partial charge is 0.335 e. The fourth-order valence-electron chi connectivity index (χ4n) is 16.5. The SMILES string of the molecule is CCOc1cc(C(=O)N2CCCC(C(=O)O)C2)ccc1-c1nc2nc[nH]c2c(=O)[nH]1.CCOc1cc(Cc2cccc(C(=O)O)c2)ccc1-c1nc2nc[nH]c2c(=O)[nH]1.CCOc1cc(Cc2ccccc2)ccc1-c1nc2nc[nH]c2c(=O)[nH]1.CCOc1cc(Cc2ccccc2C(=O)O)ccc1-c1nc2nc[nH]c2c(=O)[nH]1.CCOc1cc(N2CCCC(C(=O)O)C2)ccc1-c1nc2nc[nH]c2c(=O)[nH]1. The van der Waals surface area contributed by atoms with Crippen molar-refractivity contribution >= 4 is 91.3 Å². The number of amides is 1. The van der Waals surface area contributed by atoms with Crippen LogP contribution >= 0.6 is 0 Å². The fraction of sp³-hybridized carbons (Fsp3) is 0.228. The van der Waals surface area contributed by atoms with E-state index in [1.54, 1.807) is 65.6 Å². The van der Waals surface area contributed by atoms with Gasteiger partial charge in [0.2, 0.25) is 0 Å². The molecule has 0 saturated carbocycles. The number of carbonyl (C=O) groups excluding carboxylic acids is 1. The minimum absolute atomic E-state index is 0.185. The molecule has 0 bridgehead atoms. The predicted octanol–water partition coefficient (Wildman–Crippen LogP) is 13.0. The Morgan fingerprint density at radius 2 is 0.697 bits per heavy atom. The van der Waals surface area contributed by atoms with Crippen LogP contribution in [0.5, 0.6) is 28.7 Å². The zero-order valence-electron chi connectivity index (χ0n) is 77.3. The molecule has 2 unspecified atom stereocenters. The molecule has 14 N–H and O–H groups in total. The molecule has 20 rings (SSSR count). The molecule has 8 aromatic carbocycles. The third-order valence-corrected chi connectivity index (χ3v) is 23.3. The average Bonchev–Trinajstić information content (AvgIpc) is 1.42. The van der Waals surface area contributed by atoms with Crippen molar-refractivity contribution in [2.24, 2.45) is 11.8 Å². The molecule has 2 atom stereocenters. The number of piperidine rings is 2. The minimum atomic E-state index is -0.962. The van der Waals surface area contributed by atoms with Gasteiger partial charge in [-0.05, 0) is 198 Å². The number of H-pyrrole nitrogens is 10. The van der Waals surface area contributed by atoms with E-state index in [9.17, 15) is 68.4 Å². The van der Waals surface area contributed by atoms with Gasteiger partial charge in [0.05, 0.1) is 115 Å². The van der Waals surface area contributed by atoms with Crippen molar-refractivity contribution in [2.45, 2.75) is 79.6 Å². The molecule has 18 aromatic rings. The van der Waals surface area contributed by atoms with E-state index in [0.29, 0.717) is 208 Å². The summed E-state index contributed by atoms with van der Waals surface area (Å²) in [7, 11) is 0. The normalized spacial score (nSPS) is 13.3. The standard InChI is InChI=1S/2C21H18N4O4.C20H21N5O5.C20H18N4O2.C19H21N5O4/c1-2-29-16-10-13(8-12-4-3-5-14(9-12)21(27)28)6-7-15(16)18-24-19-17(20(26)25-18)22-11-23-19;1-2-29-16-10-12(9-13-5-3-4-6-14(13)21(27)28)7-8-15(16)18-24-19-17(20(26)25-18)22-11-23-19;1-2-30-14-8-11(19(27)25-7-3-4-12(9-25)20(28)29)5-6-13(14)16-23-17-15(18(26)24-16)21-10-22-17;1-2-26-16-11-14(10-13-6-4-3-5-7-13)8-9-15(16)18-23-19-17(20(25)24-18)21-12-22-19;1-2-28-14-8-12(24-7-3-4-11(9-24)19(26)27)5-6-13(14)16-22-17-15(18(25)23-16)20-10-21-17/h3-7,9-11H,2,8H2,1H3,(H,27,28)(H2,22,23,24,25,26);3-8,10-11H,2,9H2,1H3,(H,27,28)(H2,22,23,24,25,26);5-6,8,10,12H,2-4,7,9H2,1H3,(H,28,29)(H2,21,22,23,24,26);3-9,11-12H,2,10H2,1H3,(H2,21,22,23,24,25);5-6,8,10-11H,2-4,7,9H2,1H3,(H,26,27)(H2,20,21,22,23,25).